The maximum atomic E-state index is 10.4. The molecule has 1 aliphatic rings. The van der Waals surface area contributed by atoms with Gasteiger partial charge in [-0.25, -0.2) is 0 Å². The third kappa shape index (κ3) is 4.09. The molecule has 2 aromatic carbocycles. The van der Waals surface area contributed by atoms with Crippen molar-refractivity contribution in [3.63, 3.8) is 0 Å². The molecule has 3 heteroatoms. The van der Waals surface area contributed by atoms with Gasteiger partial charge in [0.05, 0.1) is 12.1 Å². The number of aliphatic hydroxyl groups excluding tert-OH is 1. The van der Waals surface area contributed by atoms with Crippen LogP contribution in [0.15, 0.2) is 60.7 Å². The number of likely N-dealkylation sites (tertiary alicyclic amines) is 1. The van der Waals surface area contributed by atoms with Crippen LogP contribution in [0.4, 0.5) is 5.69 Å². The fourth-order valence-electron chi connectivity index (χ4n) is 3.05. The number of para-hydroxylation sites is 1. The molecule has 0 bridgehead atoms. The first-order valence-corrected chi connectivity index (χ1v) is 8.07. The van der Waals surface area contributed by atoms with Gasteiger partial charge in [-0.2, -0.15) is 0 Å². The minimum Gasteiger partial charge on any atom is -0.390 e. The van der Waals surface area contributed by atoms with E-state index in [0.29, 0.717) is 0 Å². The van der Waals surface area contributed by atoms with Gasteiger partial charge in [0.15, 0.2) is 0 Å². The fourth-order valence-corrected chi connectivity index (χ4v) is 3.05. The van der Waals surface area contributed by atoms with Crippen molar-refractivity contribution in [2.45, 2.75) is 25.0 Å². The second kappa shape index (κ2) is 7.43. The van der Waals surface area contributed by atoms with E-state index in [-0.39, 0.29) is 12.1 Å². The maximum absolute atomic E-state index is 10.4. The summed E-state index contributed by atoms with van der Waals surface area (Å²) in [6, 6.07) is 20.8. The molecule has 2 unspecified atom stereocenters. The number of β-amino-alcohol motifs (C(OH)–C–C–N with tert-alkyl or cyclic N) is 1. The van der Waals surface area contributed by atoms with E-state index in [1.807, 2.05) is 24.3 Å². The fraction of sp³-hybridized carbons (Fsp3) is 0.368. The highest BCUT2D eigenvalue weighted by Crippen LogP contribution is 2.17. The predicted molar refractivity (Wildman–Crippen MR) is 91.1 cm³/mol. The molecule has 1 fully saturated rings. The summed E-state index contributed by atoms with van der Waals surface area (Å²) in [4.78, 5) is 2.36. The van der Waals surface area contributed by atoms with Gasteiger partial charge in [-0.15, -0.1) is 0 Å². The summed E-state index contributed by atoms with van der Waals surface area (Å²) < 4.78 is 0. The summed E-state index contributed by atoms with van der Waals surface area (Å²) in [6.45, 7) is 2.80. The number of hydrogen-bond donors (Lipinski definition) is 2. The van der Waals surface area contributed by atoms with E-state index in [4.69, 9.17) is 0 Å². The molecule has 1 heterocycles. The van der Waals surface area contributed by atoms with Crippen LogP contribution in [0.5, 0.6) is 0 Å². The molecule has 0 radical (unpaired) electrons. The van der Waals surface area contributed by atoms with Crippen molar-refractivity contribution in [3.8, 4) is 0 Å². The van der Waals surface area contributed by atoms with Gasteiger partial charge in [-0.3, -0.25) is 0 Å². The number of hydrogen-bond acceptors (Lipinski definition) is 3. The van der Waals surface area contributed by atoms with E-state index < -0.39 is 0 Å². The lowest BCUT2D eigenvalue weighted by atomic mass is 10.0. The summed E-state index contributed by atoms with van der Waals surface area (Å²) in [5.74, 6) is 0. The van der Waals surface area contributed by atoms with E-state index in [0.717, 1.165) is 38.2 Å². The van der Waals surface area contributed by atoms with Crippen LogP contribution in [-0.2, 0) is 6.42 Å². The van der Waals surface area contributed by atoms with Crippen molar-refractivity contribution in [1.29, 1.82) is 0 Å². The molecule has 3 nitrogen and oxygen atoms in total. The zero-order chi connectivity index (χ0) is 15.2. The van der Waals surface area contributed by atoms with E-state index in [1.165, 1.54) is 5.56 Å². The van der Waals surface area contributed by atoms with Crippen LogP contribution in [0.3, 0.4) is 0 Å². The Hall–Kier alpha value is -1.84. The third-order valence-electron chi connectivity index (χ3n) is 4.35. The van der Waals surface area contributed by atoms with Crippen molar-refractivity contribution < 1.29 is 5.11 Å². The SMILES string of the molecule is OC1CN(CCc2ccccc2)CCC1Nc1ccccc1. The van der Waals surface area contributed by atoms with Crippen LogP contribution in [0, 0.1) is 0 Å². The van der Waals surface area contributed by atoms with Gasteiger partial charge in [0.25, 0.3) is 0 Å². The molecule has 2 aromatic rings. The molecule has 0 amide bonds. The zero-order valence-corrected chi connectivity index (χ0v) is 12.9. The molecule has 22 heavy (non-hydrogen) atoms. The van der Waals surface area contributed by atoms with Crippen LogP contribution in [0.1, 0.15) is 12.0 Å². The van der Waals surface area contributed by atoms with E-state index in [9.17, 15) is 5.11 Å². The number of rotatable bonds is 5. The lowest BCUT2D eigenvalue weighted by Crippen LogP contribution is -2.50. The second-order valence-corrected chi connectivity index (χ2v) is 6.01. The van der Waals surface area contributed by atoms with Crippen LogP contribution >= 0.6 is 0 Å². The second-order valence-electron chi connectivity index (χ2n) is 6.01. The molecule has 2 atom stereocenters. The highest BCUT2D eigenvalue weighted by molar-refractivity contribution is 5.43. The van der Waals surface area contributed by atoms with Crippen molar-refractivity contribution in [2.24, 2.45) is 0 Å². The van der Waals surface area contributed by atoms with Crippen LogP contribution in [0.25, 0.3) is 0 Å². The summed E-state index contributed by atoms with van der Waals surface area (Å²) in [5.41, 5.74) is 2.45. The number of aliphatic hydroxyl groups is 1. The molecule has 2 N–H and O–H groups in total. The molecule has 3 rings (SSSR count). The Morgan fingerprint density at radius 1 is 1.00 bits per heavy atom. The Bertz CT molecular complexity index is 558. The van der Waals surface area contributed by atoms with E-state index in [1.54, 1.807) is 0 Å². The van der Waals surface area contributed by atoms with Gasteiger partial charge < -0.3 is 15.3 Å². The van der Waals surface area contributed by atoms with Crippen molar-refractivity contribution in [2.75, 3.05) is 25.0 Å². The van der Waals surface area contributed by atoms with Crippen LogP contribution in [0.2, 0.25) is 0 Å². The molecular formula is C19H24N2O. The maximum Gasteiger partial charge on any atom is 0.0868 e. The smallest absolute Gasteiger partial charge is 0.0868 e. The largest absolute Gasteiger partial charge is 0.390 e. The van der Waals surface area contributed by atoms with Gasteiger partial charge in [-0.1, -0.05) is 48.5 Å². The number of nitrogens with zero attached hydrogens (tertiary/aromatic N) is 1. The standard InChI is InChI=1S/C19H24N2O/c22-19-15-21(13-11-16-7-3-1-4-8-16)14-12-18(19)20-17-9-5-2-6-10-17/h1-10,18-20,22H,11-15H2. The summed E-state index contributed by atoms with van der Waals surface area (Å²) >= 11 is 0. The number of benzene rings is 2. The van der Waals surface area contributed by atoms with Gasteiger partial charge in [0.2, 0.25) is 0 Å². The zero-order valence-electron chi connectivity index (χ0n) is 12.9. The average molecular weight is 296 g/mol. The van der Waals surface area contributed by atoms with Crippen LogP contribution in [-0.4, -0.2) is 41.8 Å². The van der Waals surface area contributed by atoms with Crippen LogP contribution < -0.4 is 5.32 Å². The normalized spacial score (nSPS) is 22.4. The first kappa shape index (κ1) is 15.1. The average Bonchev–Trinajstić information content (AvgIpc) is 2.57. The number of nitrogens with one attached hydrogen (secondary N) is 1. The van der Waals surface area contributed by atoms with Crippen molar-refractivity contribution >= 4 is 5.69 Å². The minimum atomic E-state index is -0.315. The highest BCUT2D eigenvalue weighted by atomic mass is 16.3. The first-order valence-electron chi connectivity index (χ1n) is 8.07. The van der Waals surface area contributed by atoms with Gasteiger partial charge in [0.1, 0.15) is 0 Å². The number of piperidine rings is 1. The van der Waals surface area contributed by atoms with Gasteiger partial charge in [-0.05, 0) is 30.5 Å². The summed E-state index contributed by atoms with van der Waals surface area (Å²) in [7, 11) is 0. The molecule has 0 saturated carbocycles. The Morgan fingerprint density at radius 2 is 1.68 bits per heavy atom. The summed E-state index contributed by atoms with van der Waals surface area (Å²) in [5, 5.41) is 13.8. The minimum absolute atomic E-state index is 0.148. The van der Waals surface area contributed by atoms with Gasteiger partial charge >= 0.3 is 0 Å². The van der Waals surface area contributed by atoms with E-state index in [2.05, 4.69) is 46.6 Å². The highest BCUT2D eigenvalue weighted by Gasteiger charge is 2.27. The Balaban J connectivity index is 1.47. The quantitative estimate of drug-likeness (QED) is 0.890. The molecular weight excluding hydrogens is 272 g/mol. The summed E-state index contributed by atoms with van der Waals surface area (Å²) in [6.07, 6.45) is 1.71. The lowest BCUT2D eigenvalue weighted by molar-refractivity contribution is 0.0605. The van der Waals surface area contributed by atoms with Crippen molar-refractivity contribution in [1.82, 2.24) is 4.90 Å². The number of anilines is 1. The lowest BCUT2D eigenvalue weighted by Gasteiger charge is -2.36. The molecule has 0 aliphatic carbocycles. The molecule has 0 spiro atoms. The molecule has 116 valence electrons. The Morgan fingerprint density at radius 3 is 2.36 bits per heavy atom. The Kier molecular flexibility index (Phi) is 5.09. The third-order valence-corrected chi connectivity index (χ3v) is 4.35. The van der Waals surface area contributed by atoms with E-state index >= 15 is 0 Å². The van der Waals surface area contributed by atoms with Gasteiger partial charge in [0, 0.05) is 25.3 Å². The molecule has 1 aliphatic heterocycles. The first-order chi connectivity index (χ1) is 10.8. The monoisotopic (exact) mass is 296 g/mol. The topological polar surface area (TPSA) is 35.5 Å². The predicted octanol–water partition coefficient (Wildman–Crippen LogP) is 2.78. The Labute approximate surface area is 132 Å². The molecule has 1 saturated heterocycles. The van der Waals surface area contributed by atoms with Crippen molar-refractivity contribution in [3.05, 3.63) is 66.2 Å². The molecule has 0 aromatic heterocycles.